The highest BCUT2D eigenvalue weighted by molar-refractivity contribution is 5.78. The molecule has 0 saturated carbocycles. The molecule has 0 radical (unpaired) electrons. The van der Waals surface area contributed by atoms with Crippen LogP contribution in [0.25, 0.3) is 11.6 Å². The smallest absolute Gasteiger partial charge is 0.266 e. The van der Waals surface area contributed by atoms with Crippen molar-refractivity contribution in [1.29, 1.82) is 0 Å². The molecule has 2 rings (SSSR count). The third-order valence-corrected chi connectivity index (χ3v) is 3.35. The van der Waals surface area contributed by atoms with E-state index in [-0.39, 0.29) is 11.8 Å². The zero-order valence-electron chi connectivity index (χ0n) is 12.4. The van der Waals surface area contributed by atoms with Crippen LogP contribution < -0.4 is 5.32 Å². The fourth-order valence-electron chi connectivity index (χ4n) is 2.04. The molecule has 2 aromatic rings. The molecule has 2 aromatic heterocycles. The lowest BCUT2D eigenvalue weighted by molar-refractivity contribution is -0.125. The van der Waals surface area contributed by atoms with Gasteiger partial charge in [-0.15, -0.1) is 10.2 Å². The lowest BCUT2D eigenvalue weighted by atomic mass is 10.0. The molecule has 0 atom stereocenters. The van der Waals surface area contributed by atoms with Crippen LogP contribution in [0.2, 0.25) is 0 Å². The number of nitrogens with zero attached hydrogens (tertiary/aromatic N) is 3. The molecule has 0 fully saturated rings. The van der Waals surface area contributed by atoms with E-state index in [4.69, 9.17) is 4.42 Å². The molecule has 1 amide bonds. The minimum atomic E-state index is 0.0803. The number of rotatable bonds is 7. The quantitative estimate of drug-likeness (QED) is 0.845. The standard InChI is InChI=1S/C15H20N4O2/c1-3-11(4-2)14(20)17-10-8-13-18-19-15(21-13)12-7-5-6-9-16-12/h5-7,9,11H,3-4,8,10H2,1-2H3,(H,17,20). The highest BCUT2D eigenvalue weighted by atomic mass is 16.4. The van der Waals surface area contributed by atoms with Crippen molar-refractivity contribution in [3.63, 3.8) is 0 Å². The SMILES string of the molecule is CCC(CC)C(=O)NCCc1nnc(-c2ccccn2)o1. The average molecular weight is 288 g/mol. The van der Waals surface area contributed by atoms with Crippen LogP contribution in [-0.4, -0.2) is 27.6 Å². The molecule has 0 aliphatic heterocycles. The minimum Gasteiger partial charge on any atom is -0.419 e. The summed E-state index contributed by atoms with van der Waals surface area (Å²) in [5, 5.41) is 10.8. The summed E-state index contributed by atoms with van der Waals surface area (Å²) in [7, 11) is 0. The highest BCUT2D eigenvalue weighted by Crippen LogP contribution is 2.14. The molecular formula is C15H20N4O2. The zero-order chi connectivity index (χ0) is 15.1. The summed E-state index contributed by atoms with van der Waals surface area (Å²) >= 11 is 0. The van der Waals surface area contributed by atoms with Crippen molar-refractivity contribution in [2.75, 3.05) is 6.54 Å². The van der Waals surface area contributed by atoms with Crippen LogP contribution in [0, 0.1) is 5.92 Å². The fourth-order valence-corrected chi connectivity index (χ4v) is 2.04. The van der Waals surface area contributed by atoms with Crippen LogP contribution in [0.3, 0.4) is 0 Å². The van der Waals surface area contributed by atoms with E-state index < -0.39 is 0 Å². The van der Waals surface area contributed by atoms with Crippen LogP contribution in [0.1, 0.15) is 32.6 Å². The first-order valence-electron chi connectivity index (χ1n) is 7.26. The van der Waals surface area contributed by atoms with Crippen molar-refractivity contribution < 1.29 is 9.21 Å². The number of hydrogen-bond acceptors (Lipinski definition) is 5. The molecule has 0 aliphatic rings. The van der Waals surface area contributed by atoms with Gasteiger partial charge in [-0.25, -0.2) is 0 Å². The van der Waals surface area contributed by atoms with Gasteiger partial charge in [0.25, 0.3) is 5.89 Å². The highest BCUT2D eigenvalue weighted by Gasteiger charge is 2.14. The Morgan fingerprint density at radius 1 is 1.29 bits per heavy atom. The van der Waals surface area contributed by atoms with Crippen LogP contribution in [0.15, 0.2) is 28.8 Å². The van der Waals surface area contributed by atoms with Crippen molar-refractivity contribution in [2.24, 2.45) is 5.92 Å². The Balaban J connectivity index is 1.85. The monoisotopic (exact) mass is 288 g/mol. The summed E-state index contributed by atoms with van der Waals surface area (Å²) in [6, 6.07) is 5.50. The molecule has 0 saturated heterocycles. The second kappa shape index (κ2) is 7.52. The average Bonchev–Trinajstić information content (AvgIpc) is 2.98. The van der Waals surface area contributed by atoms with Gasteiger partial charge in [0, 0.05) is 25.1 Å². The van der Waals surface area contributed by atoms with Crippen LogP contribution >= 0.6 is 0 Å². The van der Waals surface area contributed by atoms with Crippen molar-refractivity contribution in [3.8, 4) is 11.6 Å². The molecule has 2 heterocycles. The largest absolute Gasteiger partial charge is 0.419 e. The van der Waals surface area contributed by atoms with Crippen molar-refractivity contribution in [3.05, 3.63) is 30.3 Å². The maximum absolute atomic E-state index is 11.8. The summed E-state index contributed by atoms with van der Waals surface area (Å²) in [4.78, 5) is 16.0. The van der Waals surface area contributed by atoms with E-state index in [0.717, 1.165) is 12.8 Å². The van der Waals surface area contributed by atoms with E-state index >= 15 is 0 Å². The Hall–Kier alpha value is -2.24. The summed E-state index contributed by atoms with van der Waals surface area (Å²) in [5.74, 6) is 1.07. The molecule has 1 N–H and O–H groups in total. The summed E-state index contributed by atoms with van der Waals surface area (Å²) in [5.41, 5.74) is 0.650. The van der Waals surface area contributed by atoms with Gasteiger partial charge in [0.15, 0.2) is 0 Å². The molecule has 0 aliphatic carbocycles. The lowest BCUT2D eigenvalue weighted by Gasteiger charge is -2.11. The van der Waals surface area contributed by atoms with Crippen LogP contribution in [0.4, 0.5) is 0 Å². The van der Waals surface area contributed by atoms with Gasteiger partial charge < -0.3 is 9.73 Å². The lowest BCUT2D eigenvalue weighted by Crippen LogP contribution is -2.31. The zero-order valence-corrected chi connectivity index (χ0v) is 12.4. The predicted molar refractivity (Wildman–Crippen MR) is 78.3 cm³/mol. The van der Waals surface area contributed by atoms with Gasteiger partial charge in [-0.2, -0.15) is 0 Å². The van der Waals surface area contributed by atoms with Crippen molar-refractivity contribution in [2.45, 2.75) is 33.1 Å². The van der Waals surface area contributed by atoms with Gasteiger partial charge >= 0.3 is 0 Å². The third-order valence-electron chi connectivity index (χ3n) is 3.35. The molecule has 0 bridgehead atoms. The van der Waals surface area contributed by atoms with Gasteiger partial charge in [0.2, 0.25) is 11.8 Å². The van der Waals surface area contributed by atoms with E-state index in [2.05, 4.69) is 20.5 Å². The molecule has 112 valence electrons. The summed E-state index contributed by atoms with van der Waals surface area (Å²) < 4.78 is 5.53. The number of amides is 1. The van der Waals surface area contributed by atoms with Crippen molar-refractivity contribution >= 4 is 5.91 Å². The Morgan fingerprint density at radius 3 is 2.76 bits per heavy atom. The minimum absolute atomic E-state index is 0.0803. The Morgan fingerprint density at radius 2 is 2.10 bits per heavy atom. The predicted octanol–water partition coefficient (Wildman–Crippen LogP) is 2.23. The molecular weight excluding hydrogens is 268 g/mol. The second-order valence-corrected chi connectivity index (χ2v) is 4.77. The van der Waals surface area contributed by atoms with E-state index in [1.165, 1.54) is 0 Å². The van der Waals surface area contributed by atoms with Gasteiger partial charge in [0.05, 0.1) is 0 Å². The molecule has 6 heteroatoms. The summed E-state index contributed by atoms with van der Waals surface area (Å²) in [6.45, 7) is 4.54. The maximum Gasteiger partial charge on any atom is 0.266 e. The summed E-state index contributed by atoms with van der Waals surface area (Å²) in [6.07, 6.45) is 3.90. The number of carbonyl (C=O) groups is 1. The first kappa shape index (κ1) is 15.2. The normalized spacial score (nSPS) is 10.8. The van der Waals surface area contributed by atoms with Gasteiger partial charge in [0.1, 0.15) is 5.69 Å². The Kier molecular flexibility index (Phi) is 5.43. The van der Waals surface area contributed by atoms with Gasteiger partial charge in [-0.1, -0.05) is 19.9 Å². The first-order valence-corrected chi connectivity index (χ1v) is 7.26. The molecule has 0 spiro atoms. The topological polar surface area (TPSA) is 80.9 Å². The maximum atomic E-state index is 11.8. The fraction of sp³-hybridized carbons (Fsp3) is 0.467. The van der Waals surface area contributed by atoms with E-state index in [1.807, 2.05) is 32.0 Å². The molecule has 21 heavy (non-hydrogen) atoms. The van der Waals surface area contributed by atoms with E-state index in [9.17, 15) is 4.79 Å². The second-order valence-electron chi connectivity index (χ2n) is 4.77. The molecule has 0 aromatic carbocycles. The van der Waals surface area contributed by atoms with Gasteiger partial charge in [-0.3, -0.25) is 9.78 Å². The number of hydrogen-bond donors (Lipinski definition) is 1. The van der Waals surface area contributed by atoms with E-state index in [0.29, 0.717) is 30.4 Å². The Labute approximate surface area is 124 Å². The van der Waals surface area contributed by atoms with Crippen LogP contribution in [0.5, 0.6) is 0 Å². The van der Waals surface area contributed by atoms with Gasteiger partial charge in [-0.05, 0) is 25.0 Å². The van der Waals surface area contributed by atoms with Crippen molar-refractivity contribution in [1.82, 2.24) is 20.5 Å². The molecule has 0 unspecified atom stereocenters. The Bertz CT molecular complexity index is 564. The van der Waals surface area contributed by atoms with Crippen LogP contribution in [-0.2, 0) is 11.2 Å². The van der Waals surface area contributed by atoms with E-state index in [1.54, 1.807) is 6.20 Å². The number of nitrogens with one attached hydrogen (secondary N) is 1. The molecule has 6 nitrogen and oxygen atoms in total. The first-order chi connectivity index (χ1) is 10.2. The number of pyridine rings is 1. The number of aromatic nitrogens is 3. The third kappa shape index (κ3) is 4.11. The number of carbonyl (C=O) groups excluding carboxylic acids is 1.